The maximum Gasteiger partial charge on any atom is 0 e. The number of unbranched alkanes of at least 4 members (excludes halogenated alkanes) is 1. The van der Waals surface area contributed by atoms with Gasteiger partial charge in [0.15, 0.2) is 0 Å². The molecular weight excluding hydrogens is 272 g/mol. The fourth-order valence-corrected chi connectivity index (χ4v) is 0.381. The first kappa shape index (κ1) is 29.7. The van der Waals surface area contributed by atoms with Crippen LogP contribution in [0.5, 0.6) is 0 Å². The first-order valence-corrected chi connectivity index (χ1v) is 3.40. The molecule has 0 heterocycles. The number of aldehydes is 1. The summed E-state index contributed by atoms with van der Waals surface area (Å²) in [5.74, 6) is 0. The Bertz CT molecular complexity index is 184. The van der Waals surface area contributed by atoms with Gasteiger partial charge in [-0.25, -0.2) is 0 Å². The normalized spacial score (nSPS) is 7.47. The average Bonchev–Trinajstić information content (AvgIpc) is 2.37. The summed E-state index contributed by atoms with van der Waals surface area (Å²) in [6.07, 6.45) is 4.71. The molecule has 0 aliphatic rings. The average molecular weight is 280 g/mol. The summed E-state index contributed by atoms with van der Waals surface area (Å²) in [5.41, 5.74) is 0. The van der Waals surface area contributed by atoms with Crippen molar-refractivity contribution in [2.24, 2.45) is 0 Å². The second-order valence-electron chi connectivity index (χ2n) is 1.62. The largest absolute Gasteiger partial charge is 0 e. The minimum atomic E-state index is -0.325. The van der Waals surface area contributed by atoms with E-state index < -0.39 is 0 Å². The van der Waals surface area contributed by atoms with Crippen LogP contribution in [-0.2, 0) is 45.4 Å². The van der Waals surface area contributed by atoms with Crippen LogP contribution in [0, 0.1) is 39.2 Å². The zero-order valence-corrected chi connectivity index (χ0v) is 9.79. The van der Waals surface area contributed by atoms with Crippen LogP contribution in [0.25, 0.3) is 0 Å². The first-order valence-electron chi connectivity index (χ1n) is 3.40. The predicted molar refractivity (Wildman–Crippen MR) is 47.0 cm³/mol. The molecule has 0 amide bonds. The molecule has 6 nitrogen and oxygen atoms in total. The topological polar surface area (TPSA) is 103 Å². The smallest absolute Gasteiger partial charge is 0 e. The van der Waals surface area contributed by atoms with Gasteiger partial charge < -0.3 is 14.3 Å². The van der Waals surface area contributed by atoms with Gasteiger partial charge in [-0.3, -0.25) is 0 Å². The molecular formula is C10H8FeO6-. The van der Waals surface area contributed by atoms with Crippen LogP contribution in [0.15, 0.2) is 0 Å². The molecule has 0 rings (SSSR count). The predicted octanol–water partition coefficient (Wildman–Crippen LogP) is 0.155. The molecule has 0 aliphatic heterocycles. The number of hydrogen-bond acceptors (Lipinski definition) is 3. The Balaban J connectivity index is -0.0000000594. The van der Waals surface area contributed by atoms with Gasteiger partial charge >= 0.3 is 33.9 Å². The Hall–Kier alpha value is -1.12. The van der Waals surface area contributed by atoms with Crippen molar-refractivity contribution < 1.29 is 45.4 Å². The Morgan fingerprint density at radius 3 is 1.82 bits per heavy atom. The summed E-state index contributed by atoms with van der Waals surface area (Å²) in [6.45, 7) is 16.5. The zero-order valence-electron chi connectivity index (χ0n) is 8.69. The molecule has 93 valence electrons. The standard InChI is InChI=1S/C7H8O3.3CO.Fe/c1-7(10-6-9)4-2-3-5-8;3*1-2;/h2-5,7H,1H3;;;;/q-1;;;;. The van der Waals surface area contributed by atoms with Crippen molar-refractivity contribution in [3.63, 3.8) is 0 Å². The van der Waals surface area contributed by atoms with E-state index in [1.54, 1.807) is 13.3 Å². The molecule has 0 aromatic carbocycles. The third kappa shape index (κ3) is 52.2. The molecule has 0 saturated heterocycles. The summed E-state index contributed by atoms with van der Waals surface area (Å²) in [6, 6.07) is 0. The maximum atomic E-state index is 9.72. The second-order valence-corrected chi connectivity index (χ2v) is 1.62. The molecule has 1 unspecified atom stereocenters. The van der Waals surface area contributed by atoms with Gasteiger partial charge in [0.1, 0.15) is 6.29 Å². The van der Waals surface area contributed by atoms with Gasteiger partial charge in [-0.15, -0.1) is 0 Å². The van der Waals surface area contributed by atoms with Crippen LogP contribution in [0.1, 0.15) is 6.92 Å². The Kier molecular flexibility index (Phi) is 80.7. The van der Waals surface area contributed by atoms with Crippen LogP contribution < -0.4 is 0 Å². The van der Waals surface area contributed by atoms with Crippen molar-refractivity contribution in [1.29, 1.82) is 0 Å². The van der Waals surface area contributed by atoms with E-state index in [4.69, 9.17) is 14.0 Å². The minimum absolute atomic E-state index is 0. The summed E-state index contributed by atoms with van der Waals surface area (Å²) < 4.78 is 26.9. The van der Waals surface area contributed by atoms with Crippen molar-refractivity contribution >= 4 is 12.8 Å². The van der Waals surface area contributed by atoms with Crippen molar-refractivity contribution in [3.05, 3.63) is 39.2 Å². The molecule has 0 spiro atoms. The van der Waals surface area contributed by atoms with Gasteiger partial charge in [0.25, 0.3) is 0 Å². The molecule has 0 N–H and O–H groups in total. The number of ether oxygens (including phenoxy) is 1. The first-order chi connectivity index (χ1) is 7.81. The molecule has 0 fully saturated rings. The Morgan fingerprint density at radius 2 is 1.53 bits per heavy atom. The van der Waals surface area contributed by atoms with E-state index in [0.717, 1.165) is 0 Å². The van der Waals surface area contributed by atoms with Gasteiger partial charge in [-0.1, -0.05) is 6.47 Å². The molecule has 0 aromatic heterocycles. The van der Waals surface area contributed by atoms with Crippen LogP contribution in [0.3, 0.4) is 0 Å². The quantitative estimate of drug-likeness (QED) is 0.227. The summed E-state index contributed by atoms with van der Waals surface area (Å²) in [4.78, 5) is 19.3. The van der Waals surface area contributed by atoms with Gasteiger partial charge in [-0.2, -0.15) is 0 Å². The fraction of sp³-hybridized carbons (Fsp3) is 0.200. The molecule has 17 heavy (non-hydrogen) atoms. The van der Waals surface area contributed by atoms with Gasteiger partial charge in [0.2, 0.25) is 0 Å². The Labute approximate surface area is 111 Å². The van der Waals surface area contributed by atoms with Crippen LogP contribution >= 0.6 is 0 Å². The van der Waals surface area contributed by atoms with E-state index in [1.165, 1.54) is 19.3 Å². The van der Waals surface area contributed by atoms with Crippen molar-refractivity contribution in [2.45, 2.75) is 13.0 Å². The Morgan fingerprint density at radius 1 is 1.12 bits per heavy atom. The molecule has 3 radical (unpaired) electrons. The van der Waals surface area contributed by atoms with Crippen molar-refractivity contribution in [2.75, 3.05) is 0 Å². The van der Waals surface area contributed by atoms with E-state index in [9.17, 15) is 9.59 Å². The van der Waals surface area contributed by atoms with E-state index in [0.29, 0.717) is 6.29 Å². The van der Waals surface area contributed by atoms with E-state index in [2.05, 4.69) is 24.7 Å². The zero-order chi connectivity index (χ0) is 13.8. The molecule has 0 bridgehead atoms. The third-order valence-electron chi connectivity index (χ3n) is 0.806. The number of hydrogen-bond donors (Lipinski definition) is 0. The van der Waals surface area contributed by atoms with Crippen molar-refractivity contribution in [1.82, 2.24) is 0 Å². The molecule has 1 atom stereocenters. The summed E-state index contributed by atoms with van der Waals surface area (Å²) in [5, 5.41) is 0. The number of carbonyl (C=O) groups excluding carboxylic acids is 2. The third-order valence-corrected chi connectivity index (χ3v) is 0.806. The van der Waals surface area contributed by atoms with Crippen LogP contribution in [0.2, 0.25) is 0 Å². The molecule has 7 heteroatoms. The molecule has 0 aliphatic carbocycles. The minimum Gasteiger partial charge on any atom is 0 e. The van der Waals surface area contributed by atoms with Gasteiger partial charge in [0.05, 0.1) is 6.10 Å². The number of carbonyl (C=O) groups is 1. The molecule has 0 saturated carbocycles. The van der Waals surface area contributed by atoms with E-state index in [-0.39, 0.29) is 23.2 Å². The van der Waals surface area contributed by atoms with E-state index in [1.807, 2.05) is 0 Å². The summed E-state index contributed by atoms with van der Waals surface area (Å²) in [7, 11) is 0. The van der Waals surface area contributed by atoms with Crippen LogP contribution in [0.4, 0.5) is 0 Å². The SMILES string of the molecule is CC([CH][CH][CH]C=O)O[C-]=O.[C-]#[O+].[C-]#[O+].[C-]#[O+].[Fe]. The molecule has 0 aromatic rings. The fourth-order valence-electron chi connectivity index (χ4n) is 0.381. The van der Waals surface area contributed by atoms with Gasteiger partial charge in [0, 0.05) is 29.9 Å². The van der Waals surface area contributed by atoms with Crippen LogP contribution in [-0.4, -0.2) is 18.9 Å². The monoisotopic (exact) mass is 280 g/mol. The summed E-state index contributed by atoms with van der Waals surface area (Å²) >= 11 is 0. The second kappa shape index (κ2) is 46.2. The van der Waals surface area contributed by atoms with Crippen molar-refractivity contribution in [3.8, 4) is 0 Å². The number of rotatable bonds is 6. The van der Waals surface area contributed by atoms with Gasteiger partial charge in [-0.05, 0) is 13.3 Å². The van der Waals surface area contributed by atoms with E-state index >= 15 is 0 Å². The maximum absolute atomic E-state index is 9.72.